The molecule has 0 fully saturated rings. The van der Waals surface area contributed by atoms with E-state index in [1.165, 1.54) is 17.8 Å². The maximum Gasteiger partial charge on any atom is 0.0222 e. The van der Waals surface area contributed by atoms with E-state index in [2.05, 4.69) is 30.5 Å². The summed E-state index contributed by atoms with van der Waals surface area (Å²) in [4.78, 5) is 0. The molecule has 0 saturated carbocycles. The van der Waals surface area contributed by atoms with Crippen LogP contribution in [0.25, 0.3) is 0 Å². The first-order valence-corrected chi connectivity index (χ1v) is 5.20. The minimum Gasteiger partial charge on any atom is -0.349 e. The number of nitrogens with two attached hydrogens (primary N) is 1. The molecule has 0 aliphatic carbocycles. The van der Waals surface area contributed by atoms with Crippen molar-refractivity contribution < 1.29 is 0 Å². The molecule has 0 aliphatic heterocycles. The highest BCUT2D eigenvalue weighted by Crippen LogP contribution is 2.11. The Morgan fingerprint density at radius 3 is 2.46 bits per heavy atom. The smallest absolute Gasteiger partial charge is 0.0222 e. The first-order valence-electron chi connectivity index (χ1n) is 5.20. The molecule has 0 atom stereocenters. The molecule has 2 N–H and O–H groups in total. The van der Waals surface area contributed by atoms with Crippen LogP contribution in [0.4, 0.5) is 0 Å². The van der Waals surface area contributed by atoms with Crippen molar-refractivity contribution in [3.8, 4) is 0 Å². The third-order valence-electron chi connectivity index (χ3n) is 2.37. The third kappa shape index (κ3) is 2.34. The molecular formula is C11H20N2. The third-order valence-corrected chi connectivity index (χ3v) is 2.37. The normalized spacial score (nSPS) is 10.7. The first-order chi connectivity index (χ1) is 6.33. The topological polar surface area (TPSA) is 30.9 Å². The summed E-state index contributed by atoms with van der Waals surface area (Å²) in [7, 11) is 0. The predicted molar refractivity (Wildman–Crippen MR) is 56.9 cm³/mol. The van der Waals surface area contributed by atoms with Crippen molar-refractivity contribution in [2.75, 3.05) is 6.54 Å². The van der Waals surface area contributed by atoms with E-state index in [0.717, 1.165) is 25.9 Å². The molecule has 1 heterocycles. The fourth-order valence-corrected chi connectivity index (χ4v) is 1.74. The van der Waals surface area contributed by atoms with Gasteiger partial charge < -0.3 is 10.3 Å². The Morgan fingerprint density at radius 1 is 1.23 bits per heavy atom. The molecule has 0 spiro atoms. The number of aryl methyl sites for hydroxylation is 1. The van der Waals surface area contributed by atoms with Gasteiger partial charge in [-0.2, -0.15) is 0 Å². The van der Waals surface area contributed by atoms with Crippen molar-refractivity contribution in [2.24, 2.45) is 5.73 Å². The number of hydrogen-bond acceptors (Lipinski definition) is 1. The SMILES string of the molecule is CCCn1c(CC)ccc1CCN. The number of aromatic nitrogens is 1. The maximum absolute atomic E-state index is 5.56. The zero-order valence-electron chi connectivity index (χ0n) is 8.71. The Kier molecular flexibility index (Phi) is 4.03. The van der Waals surface area contributed by atoms with Crippen LogP contribution in [0.1, 0.15) is 31.7 Å². The van der Waals surface area contributed by atoms with Gasteiger partial charge in [-0.3, -0.25) is 0 Å². The lowest BCUT2D eigenvalue weighted by Crippen LogP contribution is -2.10. The Morgan fingerprint density at radius 2 is 1.92 bits per heavy atom. The fourth-order valence-electron chi connectivity index (χ4n) is 1.74. The Hall–Kier alpha value is -0.760. The summed E-state index contributed by atoms with van der Waals surface area (Å²) in [6, 6.07) is 4.43. The van der Waals surface area contributed by atoms with Gasteiger partial charge in [0.1, 0.15) is 0 Å². The second-order valence-corrected chi connectivity index (χ2v) is 3.36. The molecule has 13 heavy (non-hydrogen) atoms. The summed E-state index contributed by atoms with van der Waals surface area (Å²) in [6.45, 7) is 6.29. The van der Waals surface area contributed by atoms with Gasteiger partial charge in [0.15, 0.2) is 0 Å². The van der Waals surface area contributed by atoms with E-state index >= 15 is 0 Å². The lowest BCUT2D eigenvalue weighted by molar-refractivity contribution is 0.621. The van der Waals surface area contributed by atoms with Gasteiger partial charge in [0.05, 0.1) is 0 Å². The molecule has 0 radical (unpaired) electrons. The average molecular weight is 180 g/mol. The molecule has 0 unspecified atom stereocenters. The van der Waals surface area contributed by atoms with Crippen LogP contribution in [0.5, 0.6) is 0 Å². The van der Waals surface area contributed by atoms with E-state index in [1.807, 2.05) is 0 Å². The molecule has 0 saturated heterocycles. The number of rotatable bonds is 5. The highest BCUT2D eigenvalue weighted by atomic mass is 15.0. The summed E-state index contributed by atoms with van der Waals surface area (Å²) in [6.07, 6.45) is 3.31. The highest BCUT2D eigenvalue weighted by molar-refractivity contribution is 5.16. The van der Waals surface area contributed by atoms with E-state index in [0.29, 0.717) is 0 Å². The molecule has 2 heteroatoms. The van der Waals surface area contributed by atoms with Crippen LogP contribution in [0.15, 0.2) is 12.1 Å². The van der Waals surface area contributed by atoms with Crippen LogP contribution in [0.2, 0.25) is 0 Å². The van der Waals surface area contributed by atoms with Gasteiger partial charge in [0.25, 0.3) is 0 Å². The van der Waals surface area contributed by atoms with Crippen LogP contribution in [0.3, 0.4) is 0 Å². The Labute approximate surface area is 80.7 Å². The number of nitrogens with zero attached hydrogens (tertiary/aromatic N) is 1. The van der Waals surface area contributed by atoms with E-state index in [9.17, 15) is 0 Å². The van der Waals surface area contributed by atoms with Gasteiger partial charge in [0.2, 0.25) is 0 Å². The van der Waals surface area contributed by atoms with Crippen molar-refractivity contribution in [3.63, 3.8) is 0 Å². The molecule has 2 nitrogen and oxygen atoms in total. The Bertz CT molecular complexity index is 251. The molecule has 0 bridgehead atoms. The molecule has 0 amide bonds. The van der Waals surface area contributed by atoms with Gasteiger partial charge >= 0.3 is 0 Å². The lowest BCUT2D eigenvalue weighted by Gasteiger charge is -2.10. The minimum absolute atomic E-state index is 0.747. The number of hydrogen-bond donors (Lipinski definition) is 1. The van der Waals surface area contributed by atoms with Crippen LogP contribution in [0, 0.1) is 0 Å². The fraction of sp³-hybridized carbons (Fsp3) is 0.636. The van der Waals surface area contributed by atoms with E-state index in [1.54, 1.807) is 0 Å². The molecule has 74 valence electrons. The van der Waals surface area contributed by atoms with Crippen molar-refractivity contribution in [2.45, 2.75) is 39.7 Å². The summed E-state index contributed by atoms with van der Waals surface area (Å²) in [5, 5.41) is 0. The van der Waals surface area contributed by atoms with E-state index in [-0.39, 0.29) is 0 Å². The second-order valence-electron chi connectivity index (χ2n) is 3.36. The predicted octanol–water partition coefficient (Wildman–Crippen LogP) is 1.96. The van der Waals surface area contributed by atoms with Crippen molar-refractivity contribution in [1.29, 1.82) is 0 Å². The standard InChI is InChI=1S/C11H20N2/c1-3-9-13-10(4-2)5-6-11(13)7-8-12/h5-6H,3-4,7-9,12H2,1-2H3. The van der Waals surface area contributed by atoms with Gasteiger partial charge in [-0.15, -0.1) is 0 Å². The zero-order chi connectivity index (χ0) is 9.68. The Balaban J connectivity index is 2.85. The minimum atomic E-state index is 0.747. The molecule has 0 aromatic carbocycles. The molecule has 0 aliphatic rings. The second kappa shape index (κ2) is 5.07. The lowest BCUT2D eigenvalue weighted by atomic mass is 10.3. The van der Waals surface area contributed by atoms with E-state index < -0.39 is 0 Å². The maximum atomic E-state index is 5.56. The van der Waals surface area contributed by atoms with E-state index in [4.69, 9.17) is 5.73 Å². The highest BCUT2D eigenvalue weighted by Gasteiger charge is 2.04. The van der Waals surface area contributed by atoms with Crippen molar-refractivity contribution in [1.82, 2.24) is 4.57 Å². The van der Waals surface area contributed by atoms with Crippen molar-refractivity contribution >= 4 is 0 Å². The molecule has 1 aromatic heterocycles. The average Bonchev–Trinajstić information content (AvgIpc) is 2.50. The summed E-state index contributed by atoms with van der Waals surface area (Å²) in [5.41, 5.74) is 8.39. The van der Waals surface area contributed by atoms with Gasteiger partial charge in [-0.25, -0.2) is 0 Å². The summed E-state index contributed by atoms with van der Waals surface area (Å²) in [5.74, 6) is 0. The first kappa shape index (κ1) is 10.3. The van der Waals surface area contributed by atoms with Crippen LogP contribution >= 0.6 is 0 Å². The van der Waals surface area contributed by atoms with Crippen LogP contribution < -0.4 is 5.73 Å². The quantitative estimate of drug-likeness (QED) is 0.738. The van der Waals surface area contributed by atoms with Gasteiger partial charge in [-0.05, 0) is 37.9 Å². The zero-order valence-corrected chi connectivity index (χ0v) is 8.71. The monoisotopic (exact) mass is 180 g/mol. The van der Waals surface area contributed by atoms with Gasteiger partial charge in [0, 0.05) is 17.9 Å². The van der Waals surface area contributed by atoms with Gasteiger partial charge in [-0.1, -0.05) is 13.8 Å². The summed E-state index contributed by atoms with van der Waals surface area (Å²) >= 11 is 0. The largest absolute Gasteiger partial charge is 0.349 e. The van der Waals surface area contributed by atoms with Crippen LogP contribution in [-0.4, -0.2) is 11.1 Å². The molecule has 1 rings (SSSR count). The molecule has 1 aromatic rings. The molecular weight excluding hydrogens is 160 g/mol. The summed E-state index contributed by atoms with van der Waals surface area (Å²) < 4.78 is 2.41. The van der Waals surface area contributed by atoms with Crippen molar-refractivity contribution in [3.05, 3.63) is 23.5 Å². The van der Waals surface area contributed by atoms with Crippen LogP contribution in [-0.2, 0) is 19.4 Å².